The third-order valence-electron chi connectivity index (χ3n) is 7.10. The molecule has 2 amide bonds. The molecule has 2 fully saturated rings. The fourth-order valence-corrected chi connectivity index (χ4v) is 5.51. The molecule has 0 bridgehead atoms. The van der Waals surface area contributed by atoms with Gasteiger partial charge in [0.1, 0.15) is 17.5 Å². The van der Waals surface area contributed by atoms with Gasteiger partial charge in [0.05, 0.1) is 37.8 Å². The van der Waals surface area contributed by atoms with Crippen molar-refractivity contribution in [1.82, 2.24) is 4.90 Å². The predicted molar refractivity (Wildman–Crippen MR) is 127 cm³/mol. The molecule has 0 aliphatic carbocycles. The highest BCUT2D eigenvalue weighted by Crippen LogP contribution is 2.55. The summed E-state index contributed by atoms with van der Waals surface area (Å²) in [5.74, 6) is -1.30. The Morgan fingerprint density at radius 1 is 0.941 bits per heavy atom. The highest BCUT2D eigenvalue weighted by Gasteiger charge is 2.65. The van der Waals surface area contributed by atoms with Crippen molar-refractivity contribution in [2.24, 2.45) is 17.3 Å². The SMILES string of the molecule is COc1ccc(N2C(=O)[C@H]3[C@H](C2=O)[C@H]2c4ccccc4C=CN2[C@@H]3C(=O)C(C)(C)C)c(OC)c1. The normalized spacial score (nSPS) is 25.2. The molecule has 4 atom stereocenters. The maximum absolute atomic E-state index is 14.0. The third-order valence-corrected chi connectivity index (χ3v) is 7.10. The van der Waals surface area contributed by atoms with Crippen LogP contribution >= 0.6 is 0 Å². The lowest BCUT2D eigenvalue weighted by Gasteiger charge is -2.37. The lowest BCUT2D eigenvalue weighted by atomic mass is 9.79. The van der Waals surface area contributed by atoms with Crippen molar-refractivity contribution < 1.29 is 23.9 Å². The summed E-state index contributed by atoms with van der Waals surface area (Å²) in [6.45, 7) is 5.56. The van der Waals surface area contributed by atoms with Crippen LogP contribution in [-0.2, 0) is 14.4 Å². The van der Waals surface area contributed by atoms with Gasteiger partial charge in [-0.3, -0.25) is 14.4 Å². The molecule has 0 spiro atoms. The van der Waals surface area contributed by atoms with Gasteiger partial charge in [-0.2, -0.15) is 0 Å². The zero-order chi connectivity index (χ0) is 24.4. The molecule has 34 heavy (non-hydrogen) atoms. The van der Waals surface area contributed by atoms with Crippen molar-refractivity contribution in [3.05, 3.63) is 59.8 Å². The Balaban J connectivity index is 1.66. The van der Waals surface area contributed by atoms with Gasteiger partial charge < -0.3 is 14.4 Å². The second-order valence-electron chi connectivity index (χ2n) is 10.00. The summed E-state index contributed by atoms with van der Waals surface area (Å²) >= 11 is 0. The van der Waals surface area contributed by atoms with E-state index in [0.29, 0.717) is 17.2 Å². The van der Waals surface area contributed by atoms with Crippen molar-refractivity contribution in [2.75, 3.05) is 19.1 Å². The van der Waals surface area contributed by atoms with E-state index in [1.54, 1.807) is 18.2 Å². The van der Waals surface area contributed by atoms with Gasteiger partial charge in [0.15, 0.2) is 5.78 Å². The average molecular weight is 461 g/mol. The minimum atomic E-state index is -0.785. The quantitative estimate of drug-likeness (QED) is 0.646. The van der Waals surface area contributed by atoms with Crippen LogP contribution in [0.3, 0.4) is 0 Å². The lowest BCUT2D eigenvalue weighted by Crippen LogP contribution is -2.47. The van der Waals surface area contributed by atoms with Crippen LogP contribution in [0.5, 0.6) is 11.5 Å². The van der Waals surface area contributed by atoms with Gasteiger partial charge in [0.2, 0.25) is 11.8 Å². The number of carbonyl (C=O) groups is 3. The van der Waals surface area contributed by atoms with E-state index >= 15 is 0 Å². The molecule has 3 aliphatic rings. The smallest absolute Gasteiger partial charge is 0.240 e. The van der Waals surface area contributed by atoms with E-state index in [2.05, 4.69) is 0 Å². The molecule has 5 rings (SSSR count). The molecule has 0 saturated carbocycles. The van der Waals surface area contributed by atoms with Crippen LogP contribution in [-0.4, -0.2) is 42.8 Å². The fourth-order valence-electron chi connectivity index (χ4n) is 5.51. The second kappa shape index (κ2) is 7.72. The van der Waals surface area contributed by atoms with Crippen LogP contribution in [0.1, 0.15) is 37.9 Å². The first kappa shape index (κ1) is 22.2. The number of hydrogen-bond donors (Lipinski definition) is 0. The highest BCUT2D eigenvalue weighted by atomic mass is 16.5. The largest absolute Gasteiger partial charge is 0.497 e. The molecule has 0 radical (unpaired) electrons. The van der Waals surface area contributed by atoms with Crippen LogP contribution in [0, 0.1) is 17.3 Å². The monoisotopic (exact) mass is 460 g/mol. The number of fused-ring (bicyclic) bond motifs is 5. The Morgan fingerprint density at radius 3 is 2.32 bits per heavy atom. The van der Waals surface area contributed by atoms with E-state index in [1.165, 1.54) is 19.1 Å². The van der Waals surface area contributed by atoms with Crippen LogP contribution < -0.4 is 14.4 Å². The van der Waals surface area contributed by atoms with Gasteiger partial charge in [-0.05, 0) is 29.3 Å². The van der Waals surface area contributed by atoms with Crippen molar-refractivity contribution in [3.8, 4) is 11.5 Å². The Bertz CT molecular complexity index is 1230. The average Bonchev–Trinajstić information content (AvgIpc) is 3.30. The number of Topliss-reactive ketones (excluding diaryl/α,β-unsaturated/α-hetero) is 1. The molecular weight excluding hydrogens is 432 g/mol. The molecule has 176 valence electrons. The Kier molecular flexibility index (Phi) is 5.04. The Morgan fingerprint density at radius 2 is 1.65 bits per heavy atom. The minimum absolute atomic E-state index is 0.0567. The van der Waals surface area contributed by atoms with E-state index in [-0.39, 0.29) is 17.6 Å². The number of rotatable bonds is 4. The topological polar surface area (TPSA) is 76.2 Å². The van der Waals surface area contributed by atoms with Crippen LogP contribution in [0.25, 0.3) is 6.08 Å². The zero-order valence-corrected chi connectivity index (χ0v) is 19.9. The van der Waals surface area contributed by atoms with Crippen LogP contribution in [0.4, 0.5) is 5.69 Å². The number of benzene rings is 2. The van der Waals surface area contributed by atoms with Crippen LogP contribution in [0.15, 0.2) is 48.7 Å². The van der Waals surface area contributed by atoms with E-state index in [0.717, 1.165) is 11.1 Å². The summed E-state index contributed by atoms with van der Waals surface area (Å²) in [6, 6.07) is 11.7. The molecule has 0 aromatic heterocycles. The number of carbonyl (C=O) groups excluding carboxylic acids is 3. The van der Waals surface area contributed by atoms with E-state index in [9.17, 15) is 14.4 Å². The molecular formula is C27H28N2O5. The second-order valence-corrected chi connectivity index (χ2v) is 10.00. The van der Waals surface area contributed by atoms with Crippen molar-refractivity contribution in [1.29, 1.82) is 0 Å². The van der Waals surface area contributed by atoms with Gasteiger partial charge in [-0.15, -0.1) is 0 Å². The van der Waals surface area contributed by atoms with Gasteiger partial charge in [-0.25, -0.2) is 4.90 Å². The molecule has 2 aromatic rings. The van der Waals surface area contributed by atoms with E-state index in [1.807, 2.05) is 62.2 Å². The van der Waals surface area contributed by atoms with Gasteiger partial charge >= 0.3 is 0 Å². The lowest BCUT2D eigenvalue weighted by molar-refractivity contribution is -0.135. The molecule has 7 nitrogen and oxygen atoms in total. The Labute approximate surface area is 198 Å². The number of anilines is 1. The molecule has 0 unspecified atom stereocenters. The standard InChI is InChI=1S/C27H28N2O5/c1-27(2,3)24(30)23-21-20(22-17-9-7-6-8-15(17)12-13-28(22)23)25(31)29(26(21)32)18-11-10-16(33-4)14-19(18)34-5/h6-14,20-23H,1-5H3/t20-,21-,22+,23-/m0/s1. The zero-order valence-electron chi connectivity index (χ0n) is 19.9. The number of methoxy groups -OCH3 is 2. The molecule has 2 saturated heterocycles. The van der Waals surface area contributed by atoms with Gasteiger partial charge in [-0.1, -0.05) is 45.0 Å². The molecule has 2 aromatic carbocycles. The summed E-state index contributed by atoms with van der Waals surface area (Å²) in [5, 5.41) is 0. The molecule has 3 aliphatic heterocycles. The van der Waals surface area contributed by atoms with Crippen LogP contribution in [0.2, 0.25) is 0 Å². The molecule has 0 N–H and O–H groups in total. The van der Waals surface area contributed by atoms with Crippen molar-refractivity contribution in [3.63, 3.8) is 0 Å². The number of hydrogen-bond acceptors (Lipinski definition) is 6. The molecule has 7 heteroatoms. The van der Waals surface area contributed by atoms with E-state index in [4.69, 9.17) is 9.47 Å². The third kappa shape index (κ3) is 3.06. The maximum atomic E-state index is 14.0. The minimum Gasteiger partial charge on any atom is -0.497 e. The van der Waals surface area contributed by atoms with Gasteiger partial charge in [0, 0.05) is 17.7 Å². The first-order chi connectivity index (χ1) is 16.2. The highest BCUT2D eigenvalue weighted by molar-refractivity contribution is 6.24. The first-order valence-corrected chi connectivity index (χ1v) is 11.4. The summed E-state index contributed by atoms with van der Waals surface area (Å²) in [5.41, 5.74) is 1.63. The van der Waals surface area contributed by atoms with E-state index < -0.39 is 29.3 Å². The number of ether oxygens (including phenoxy) is 2. The van der Waals surface area contributed by atoms with Crippen molar-refractivity contribution in [2.45, 2.75) is 32.9 Å². The number of nitrogens with zero attached hydrogens (tertiary/aromatic N) is 2. The van der Waals surface area contributed by atoms with Crippen molar-refractivity contribution >= 4 is 29.4 Å². The predicted octanol–water partition coefficient (Wildman–Crippen LogP) is 3.83. The fraction of sp³-hybridized carbons (Fsp3) is 0.370. The number of amides is 2. The number of imide groups is 1. The summed E-state index contributed by atoms with van der Waals surface area (Å²) in [4.78, 5) is 44.7. The van der Waals surface area contributed by atoms with Gasteiger partial charge in [0.25, 0.3) is 0 Å². The maximum Gasteiger partial charge on any atom is 0.240 e. The first-order valence-electron chi connectivity index (χ1n) is 11.4. The molecule has 3 heterocycles. The Hall–Kier alpha value is -3.61. The summed E-state index contributed by atoms with van der Waals surface area (Å²) in [7, 11) is 3.02. The summed E-state index contributed by atoms with van der Waals surface area (Å²) < 4.78 is 10.8. The summed E-state index contributed by atoms with van der Waals surface area (Å²) in [6.07, 6.45) is 3.83. The number of ketones is 1.